The average Bonchev–Trinajstić information content (AvgIpc) is 2.54. The van der Waals surface area contributed by atoms with Crippen LogP contribution in [0.25, 0.3) is 0 Å². The van der Waals surface area contributed by atoms with Crippen molar-refractivity contribution in [3.8, 4) is 0 Å². The first-order valence-corrected chi connectivity index (χ1v) is 7.49. The zero-order chi connectivity index (χ0) is 17.9. The van der Waals surface area contributed by atoms with Gasteiger partial charge in [-0.05, 0) is 35.7 Å². The number of nitrogens with one attached hydrogen (secondary N) is 1. The number of rotatable bonds is 5. The number of amides is 1. The van der Waals surface area contributed by atoms with Gasteiger partial charge in [0.15, 0.2) is 11.5 Å². The van der Waals surface area contributed by atoms with Crippen LogP contribution in [0.1, 0.15) is 46.2 Å². The number of carboxylic acid groups (broad SMARTS) is 1. The van der Waals surface area contributed by atoms with E-state index in [1.165, 1.54) is 12.1 Å². The molecule has 126 valence electrons. The molecule has 0 atom stereocenters. The Balaban J connectivity index is 2.30. The van der Waals surface area contributed by atoms with Crippen LogP contribution in [0.3, 0.4) is 0 Å². The fraction of sp³-hybridized carbons (Fsp3) is 0.294. The molecule has 2 N–H and O–H groups in total. The third-order valence-electron chi connectivity index (χ3n) is 3.51. The first kappa shape index (κ1) is 17.4. The maximum Gasteiger partial charge on any atom is 0.335 e. The second-order valence-electron chi connectivity index (χ2n) is 5.89. The lowest BCUT2D eigenvalue weighted by Crippen LogP contribution is -2.18. The van der Waals surface area contributed by atoms with Crippen molar-refractivity contribution in [2.45, 2.75) is 19.8 Å². The van der Waals surface area contributed by atoms with Gasteiger partial charge in [-0.25, -0.2) is 4.79 Å². The number of nitrogens with zero attached hydrogens (tertiary/aromatic N) is 3. The number of carbonyl (C=O) groups is 2. The monoisotopic (exact) mass is 328 g/mol. The minimum Gasteiger partial charge on any atom is -0.478 e. The summed E-state index contributed by atoms with van der Waals surface area (Å²) in [6.07, 6.45) is 0. The summed E-state index contributed by atoms with van der Waals surface area (Å²) in [5.74, 6) is -0.708. The summed E-state index contributed by atoms with van der Waals surface area (Å²) in [5.41, 5.74) is 1.60. The van der Waals surface area contributed by atoms with Crippen LogP contribution < -0.4 is 10.2 Å². The lowest BCUT2D eigenvalue weighted by Gasteiger charge is -2.15. The highest BCUT2D eigenvalue weighted by Gasteiger charge is 2.15. The molecule has 7 heteroatoms. The van der Waals surface area contributed by atoms with E-state index in [2.05, 4.69) is 15.5 Å². The molecule has 0 radical (unpaired) electrons. The Morgan fingerprint density at radius 1 is 1.12 bits per heavy atom. The summed E-state index contributed by atoms with van der Waals surface area (Å²) in [6, 6.07) is 7.97. The van der Waals surface area contributed by atoms with Crippen LogP contribution in [0, 0.1) is 0 Å². The van der Waals surface area contributed by atoms with E-state index in [0.29, 0.717) is 11.5 Å². The van der Waals surface area contributed by atoms with Gasteiger partial charge in [-0.3, -0.25) is 4.79 Å². The van der Waals surface area contributed by atoms with Crippen LogP contribution in [0.2, 0.25) is 0 Å². The van der Waals surface area contributed by atoms with Gasteiger partial charge in [-0.1, -0.05) is 19.9 Å². The van der Waals surface area contributed by atoms with Gasteiger partial charge in [0.1, 0.15) is 0 Å². The van der Waals surface area contributed by atoms with Crippen LogP contribution >= 0.6 is 0 Å². The number of carbonyl (C=O) groups excluding carboxylic acids is 1. The minimum atomic E-state index is -1.05. The summed E-state index contributed by atoms with van der Waals surface area (Å²) in [5, 5.41) is 19.7. The van der Waals surface area contributed by atoms with Gasteiger partial charge in [-0.15, -0.1) is 10.2 Å². The third-order valence-corrected chi connectivity index (χ3v) is 3.51. The van der Waals surface area contributed by atoms with Crippen LogP contribution in [-0.2, 0) is 0 Å². The molecule has 0 aliphatic carbocycles. The highest BCUT2D eigenvalue weighted by molar-refractivity contribution is 6.04. The van der Waals surface area contributed by atoms with Crippen molar-refractivity contribution in [2.75, 3.05) is 24.3 Å². The molecule has 1 aromatic heterocycles. The van der Waals surface area contributed by atoms with E-state index in [9.17, 15) is 9.59 Å². The van der Waals surface area contributed by atoms with Gasteiger partial charge < -0.3 is 15.3 Å². The van der Waals surface area contributed by atoms with Gasteiger partial charge in [0.2, 0.25) is 0 Å². The van der Waals surface area contributed by atoms with Gasteiger partial charge >= 0.3 is 5.97 Å². The highest BCUT2D eigenvalue weighted by atomic mass is 16.4. The van der Waals surface area contributed by atoms with Crippen molar-refractivity contribution in [1.82, 2.24) is 10.2 Å². The molecule has 2 aromatic rings. The van der Waals surface area contributed by atoms with Gasteiger partial charge in [-0.2, -0.15) is 0 Å². The molecule has 0 aliphatic heterocycles. The van der Waals surface area contributed by atoms with E-state index in [0.717, 1.165) is 5.56 Å². The Kier molecular flexibility index (Phi) is 5.13. The first-order chi connectivity index (χ1) is 11.3. The SMILES string of the molecule is CC(C)c1ccc(C(=O)O)cc1NC(=O)c1ccc(N(C)C)nn1. The molecule has 1 heterocycles. The number of benzene rings is 1. The number of hydrogen-bond acceptors (Lipinski definition) is 5. The Hall–Kier alpha value is -2.96. The molecule has 1 amide bonds. The Morgan fingerprint density at radius 2 is 1.83 bits per heavy atom. The molecule has 2 rings (SSSR count). The Labute approximate surface area is 140 Å². The highest BCUT2D eigenvalue weighted by Crippen LogP contribution is 2.26. The predicted octanol–water partition coefficient (Wildman–Crippen LogP) is 2.62. The van der Waals surface area contributed by atoms with E-state index in [1.807, 2.05) is 27.9 Å². The zero-order valence-corrected chi connectivity index (χ0v) is 14.1. The van der Waals surface area contributed by atoms with Gasteiger partial charge in [0.05, 0.1) is 5.56 Å². The van der Waals surface area contributed by atoms with Crippen molar-refractivity contribution in [3.05, 3.63) is 47.2 Å². The third kappa shape index (κ3) is 3.87. The Bertz CT molecular complexity index is 755. The van der Waals surface area contributed by atoms with Crippen LogP contribution in [0.4, 0.5) is 11.5 Å². The largest absolute Gasteiger partial charge is 0.478 e. The second-order valence-corrected chi connectivity index (χ2v) is 5.89. The van der Waals surface area contributed by atoms with Gasteiger partial charge in [0.25, 0.3) is 5.91 Å². The molecule has 1 aromatic carbocycles. The molecule has 0 aliphatic rings. The van der Waals surface area contributed by atoms with Crippen molar-refractivity contribution in [3.63, 3.8) is 0 Å². The molecule has 7 nitrogen and oxygen atoms in total. The number of anilines is 2. The van der Waals surface area contributed by atoms with Crippen molar-refractivity contribution >= 4 is 23.4 Å². The quantitative estimate of drug-likeness (QED) is 0.876. The van der Waals surface area contributed by atoms with Crippen LogP contribution in [0.15, 0.2) is 30.3 Å². The molecule has 0 saturated carbocycles. The van der Waals surface area contributed by atoms with E-state index >= 15 is 0 Å². The summed E-state index contributed by atoms with van der Waals surface area (Å²) in [7, 11) is 3.66. The number of aromatic nitrogens is 2. The fourth-order valence-corrected chi connectivity index (χ4v) is 2.17. The lowest BCUT2D eigenvalue weighted by molar-refractivity contribution is 0.0696. The van der Waals surface area contributed by atoms with Crippen molar-refractivity contribution < 1.29 is 14.7 Å². The zero-order valence-electron chi connectivity index (χ0n) is 14.1. The molecular weight excluding hydrogens is 308 g/mol. The second kappa shape index (κ2) is 7.08. The van der Waals surface area contributed by atoms with E-state index in [-0.39, 0.29) is 17.2 Å². The fourth-order valence-electron chi connectivity index (χ4n) is 2.17. The minimum absolute atomic E-state index is 0.115. The number of hydrogen-bond donors (Lipinski definition) is 2. The van der Waals surface area contributed by atoms with Crippen molar-refractivity contribution in [2.24, 2.45) is 0 Å². The van der Waals surface area contributed by atoms with E-state index in [4.69, 9.17) is 5.11 Å². The molecule has 0 saturated heterocycles. The predicted molar refractivity (Wildman–Crippen MR) is 91.8 cm³/mol. The molecular formula is C17H20N4O3. The van der Waals surface area contributed by atoms with Crippen LogP contribution in [0.5, 0.6) is 0 Å². The van der Waals surface area contributed by atoms with Crippen molar-refractivity contribution in [1.29, 1.82) is 0 Å². The summed E-state index contributed by atoms with van der Waals surface area (Å²) in [6.45, 7) is 3.94. The summed E-state index contributed by atoms with van der Waals surface area (Å²) >= 11 is 0. The topological polar surface area (TPSA) is 95.4 Å². The maximum absolute atomic E-state index is 12.4. The first-order valence-electron chi connectivity index (χ1n) is 7.49. The molecule has 0 bridgehead atoms. The number of aromatic carboxylic acids is 1. The van der Waals surface area contributed by atoms with Gasteiger partial charge in [0, 0.05) is 19.8 Å². The normalized spacial score (nSPS) is 10.5. The van der Waals surface area contributed by atoms with E-state index < -0.39 is 11.9 Å². The Morgan fingerprint density at radius 3 is 2.33 bits per heavy atom. The van der Waals surface area contributed by atoms with E-state index in [1.54, 1.807) is 23.1 Å². The number of carboxylic acids is 1. The maximum atomic E-state index is 12.4. The molecule has 0 fully saturated rings. The summed E-state index contributed by atoms with van der Waals surface area (Å²) in [4.78, 5) is 25.3. The standard InChI is InChI=1S/C17H20N4O3/c1-10(2)12-6-5-11(17(23)24)9-14(12)18-16(22)13-7-8-15(20-19-13)21(3)4/h5-10H,1-4H3,(H,18,22)(H,23,24). The molecule has 24 heavy (non-hydrogen) atoms. The average molecular weight is 328 g/mol. The molecule has 0 spiro atoms. The summed E-state index contributed by atoms with van der Waals surface area (Å²) < 4.78 is 0. The molecule has 0 unspecified atom stereocenters. The smallest absolute Gasteiger partial charge is 0.335 e. The lowest BCUT2D eigenvalue weighted by atomic mass is 9.99. The van der Waals surface area contributed by atoms with Crippen LogP contribution in [-0.4, -0.2) is 41.3 Å².